The second-order valence-electron chi connectivity index (χ2n) is 8.71. The Morgan fingerprint density at radius 1 is 1.06 bits per heavy atom. The molecule has 8 heteroatoms. The van der Waals surface area contributed by atoms with Crippen molar-refractivity contribution in [2.45, 2.75) is 33.1 Å². The SMILES string of the molecule is Cc1cc(NC(=O)c2sc3ccccc3c2Cl)n(-c2nc3ccc(C(C)(C)C)cc3s2)n1. The quantitative estimate of drug-likeness (QED) is 0.297. The van der Waals surface area contributed by atoms with Crippen LogP contribution in [-0.4, -0.2) is 20.7 Å². The largest absolute Gasteiger partial charge is 0.306 e. The number of aromatic nitrogens is 3. The van der Waals surface area contributed by atoms with E-state index >= 15 is 0 Å². The molecule has 0 radical (unpaired) electrons. The zero-order chi connectivity index (χ0) is 22.6. The van der Waals surface area contributed by atoms with Crippen molar-refractivity contribution in [1.29, 1.82) is 0 Å². The van der Waals surface area contributed by atoms with E-state index < -0.39 is 0 Å². The van der Waals surface area contributed by atoms with Crippen LogP contribution < -0.4 is 5.32 Å². The van der Waals surface area contributed by atoms with Crippen LogP contribution in [0.3, 0.4) is 0 Å². The van der Waals surface area contributed by atoms with E-state index in [0.29, 0.717) is 20.8 Å². The van der Waals surface area contributed by atoms with Crippen molar-refractivity contribution in [3.8, 4) is 5.13 Å². The Morgan fingerprint density at radius 3 is 2.59 bits per heavy atom. The third kappa shape index (κ3) is 3.70. The van der Waals surface area contributed by atoms with Crippen LogP contribution in [0, 0.1) is 6.92 Å². The minimum atomic E-state index is -0.256. The number of halogens is 1. The van der Waals surface area contributed by atoms with Gasteiger partial charge in [-0.1, -0.05) is 68.0 Å². The molecular formula is C24H21ClN4OS2. The van der Waals surface area contributed by atoms with Crippen LogP contribution in [0.5, 0.6) is 0 Å². The van der Waals surface area contributed by atoms with E-state index in [0.717, 1.165) is 26.0 Å². The number of anilines is 1. The third-order valence-electron chi connectivity index (χ3n) is 5.24. The van der Waals surface area contributed by atoms with Gasteiger partial charge in [-0.05, 0) is 36.1 Å². The molecule has 3 aromatic heterocycles. The topological polar surface area (TPSA) is 59.8 Å². The first-order chi connectivity index (χ1) is 15.2. The van der Waals surface area contributed by atoms with Crippen molar-refractivity contribution in [3.63, 3.8) is 0 Å². The van der Waals surface area contributed by atoms with Crippen molar-refractivity contribution >= 4 is 66.3 Å². The molecule has 1 amide bonds. The fourth-order valence-corrected chi connectivity index (χ4v) is 5.92. The molecule has 0 atom stereocenters. The molecule has 0 aliphatic carbocycles. The van der Waals surface area contributed by atoms with Gasteiger partial charge in [0.25, 0.3) is 5.91 Å². The summed E-state index contributed by atoms with van der Waals surface area (Å²) in [6, 6.07) is 15.9. The average molecular weight is 481 g/mol. The number of thiophene rings is 1. The van der Waals surface area contributed by atoms with E-state index in [1.165, 1.54) is 16.9 Å². The molecule has 0 unspecified atom stereocenters. The maximum atomic E-state index is 13.1. The predicted octanol–water partition coefficient (Wildman–Crippen LogP) is 7.21. The second-order valence-corrected chi connectivity index (χ2v) is 11.1. The van der Waals surface area contributed by atoms with Crippen LogP contribution in [0.4, 0.5) is 5.82 Å². The van der Waals surface area contributed by atoms with Gasteiger partial charge in [0.15, 0.2) is 0 Å². The number of aryl methyl sites for hydroxylation is 1. The fraction of sp³-hybridized carbons (Fsp3) is 0.208. The first-order valence-corrected chi connectivity index (χ1v) is 12.2. The van der Waals surface area contributed by atoms with Gasteiger partial charge in [-0.3, -0.25) is 4.79 Å². The maximum absolute atomic E-state index is 13.1. The lowest BCUT2D eigenvalue weighted by molar-refractivity contribution is 0.103. The first-order valence-electron chi connectivity index (χ1n) is 10.2. The number of carbonyl (C=O) groups is 1. The average Bonchev–Trinajstić information content (AvgIpc) is 3.42. The van der Waals surface area contributed by atoms with Crippen LogP contribution in [0.1, 0.15) is 41.7 Å². The lowest BCUT2D eigenvalue weighted by Crippen LogP contribution is -2.14. The van der Waals surface area contributed by atoms with Crippen molar-refractivity contribution in [2.75, 3.05) is 5.32 Å². The molecule has 0 spiro atoms. The second kappa shape index (κ2) is 7.69. The molecule has 5 nitrogen and oxygen atoms in total. The van der Waals surface area contributed by atoms with Gasteiger partial charge >= 0.3 is 0 Å². The van der Waals surface area contributed by atoms with Crippen molar-refractivity contribution in [3.05, 3.63) is 69.7 Å². The highest BCUT2D eigenvalue weighted by Gasteiger charge is 2.21. The highest BCUT2D eigenvalue weighted by molar-refractivity contribution is 7.21. The Balaban J connectivity index is 1.51. The Morgan fingerprint density at radius 2 is 1.84 bits per heavy atom. The van der Waals surface area contributed by atoms with E-state index in [1.807, 2.05) is 43.3 Å². The van der Waals surface area contributed by atoms with E-state index in [-0.39, 0.29) is 11.3 Å². The molecule has 0 aliphatic rings. The zero-order valence-corrected chi connectivity index (χ0v) is 20.5. The molecule has 2 aromatic carbocycles. The Bertz CT molecular complexity index is 1490. The number of hydrogen-bond acceptors (Lipinski definition) is 5. The lowest BCUT2D eigenvalue weighted by Gasteiger charge is -2.18. The Hall–Kier alpha value is -2.74. The molecule has 0 bridgehead atoms. The van der Waals surface area contributed by atoms with Gasteiger partial charge in [0.2, 0.25) is 5.13 Å². The van der Waals surface area contributed by atoms with Crippen LogP contribution in [0.2, 0.25) is 5.02 Å². The summed E-state index contributed by atoms with van der Waals surface area (Å²) >= 11 is 9.44. The summed E-state index contributed by atoms with van der Waals surface area (Å²) in [6.07, 6.45) is 0. The normalized spacial score (nSPS) is 12.0. The summed E-state index contributed by atoms with van der Waals surface area (Å²) < 4.78 is 3.76. The first kappa shape index (κ1) is 21.1. The molecule has 0 aliphatic heterocycles. The number of thiazole rings is 1. The van der Waals surface area contributed by atoms with Crippen LogP contribution in [0.25, 0.3) is 25.4 Å². The summed E-state index contributed by atoms with van der Waals surface area (Å²) in [7, 11) is 0. The maximum Gasteiger partial charge on any atom is 0.268 e. The molecule has 5 rings (SSSR count). The van der Waals surface area contributed by atoms with Crippen molar-refractivity contribution < 1.29 is 4.79 Å². The van der Waals surface area contributed by atoms with E-state index in [4.69, 9.17) is 16.6 Å². The monoisotopic (exact) mass is 480 g/mol. The van der Waals surface area contributed by atoms with Crippen LogP contribution in [0.15, 0.2) is 48.5 Å². The number of benzene rings is 2. The molecule has 1 N–H and O–H groups in total. The Labute approximate surface area is 198 Å². The summed E-state index contributed by atoms with van der Waals surface area (Å²) in [6.45, 7) is 8.48. The number of amides is 1. The Kier molecular flexibility index (Phi) is 5.08. The van der Waals surface area contributed by atoms with Gasteiger partial charge < -0.3 is 5.32 Å². The lowest BCUT2D eigenvalue weighted by atomic mass is 9.87. The number of nitrogens with one attached hydrogen (secondary N) is 1. The standard InChI is InChI=1S/C24H21ClN4OS2/c1-13-11-19(27-22(30)21-20(25)15-7-5-6-8-17(15)31-21)29(28-13)23-26-16-10-9-14(24(2,3)4)12-18(16)32-23/h5-12H,1-4H3,(H,27,30). The van der Waals surface area contributed by atoms with Crippen LogP contribution in [-0.2, 0) is 5.41 Å². The predicted molar refractivity (Wildman–Crippen MR) is 135 cm³/mol. The molecule has 162 valence electrons. The zero-order valence-electron chi connectivity index (χ0n) is 18.1. The van der Waals surface area contributed by atoms with Gasteiger partial charge in [-0.2, -0.15) is 9.78 Å². The van der Waals surface area contributed by atoms with Gasteiger partial charge in [-0.15, -0.1) is 11.3 Å². The van der Waals surface area contributed by atoms with Crippen molar-refractivity contribution in [2.24, 2.45) is 0 Å². The molecule has 0 saturated heterocycles. The molecule has 5 aromatic rings. The number of carbonyl (C=O) groups excluding carboxylic acids is 1. The van der Waals surface area contributed by atoms with E-state index in [1.54, 1.807) is 16.0 Å². The van der Waals surface area contributed by atoms with Gasteiger partial charge in [0, 0.05) is 16.2 Å². The molecule has 3 heterocycles. The summed E-state index contributed by atoms with van der Waals surface area (Å²) in [5, 5.41) is 9.62. The number of nitrogens with zero attached hydrogens (tertiary/aromatic N) is 3. The smallest absolute Gasteiger partial charge is 0.268 e. The molecule has 32 heavy (non-hydrogen) atoms. The fourth-order valence-electron chi connectivity index (χ4n) is 3.54. The summed E-state index contributed by atoms with van der Waals surface area (Å²) in [5.74, 6) is 0.310. The molecular weight excluding hydrogens is 460 g/mol. The minimum absolute atomic E-state index is 0.0588. The van der Waals surface area contributed by atoms with E-state index in [9.17, 15) is 4.79 Å². The third-order valence-corrected chi connectivity index (χ3v) is 7.91. The van der Waals surface area contributed by atoms with Crippen LogP contribution >= 0.6 is 34.3 Å². The van der Waals surface area contributed by atoms with Gasteiger partial charge in [0.05, 0.1) is 20.9 Å². The molecule has 0 fully saturated rings. The van der Waals surface area contributed by atoms with Gasteiger partial charge in [0.1, 0.15) is 10.7 Å². The number of fused-ring (bicyclic) bond motifs is 2. The summed E-state index contributed by atoms with van der Waals surface area (Å²) in [5.41, 5.74) is 3.02. The highest BCUT2D eigenvalue weighted by atomic mass is 35.5. The highest BCUT2D eigenvalue weighted by Crippen LogP contribution is 2.36. The van der Waals surface area contributed by atoms with E-state index in [2.05, 4.69) is 43.3 Å². The van der Waals surface area contributed by atoms with Gasteiger partial charge in [-0.25, -0.2) is 4.98 Å². The number of hydrogen-bond donors (Lipinski definition) is 1. The molecule has 0 saturated carbocycles. The number of rotatable bonds is 3. The van der Waals surface area contributed by atoms with Crippen molar-refractivity contribution in [1.82, 2.24) is 14.8 Å². The summed E-state index contributed by atoms with van der Waals surface area (Å²) in [4.78, 5) is 18.3. The minimum Gasteiger partial charge on any atom is -0.306 e.